The summed E-state index contributed by atoms with van der Waals surface area (Å²) >= 11 is 1.01. The Morgan fingerprint density at radius 1 is 1.37 bits per heavy atom. The molecule has 1 aliphatic heterocycles. The number of aromatic nitrogens is 3. The number of benzene rings is 1. The quantitative estimate of drug-likeness (QED) is 0.646. The van der Waals surface area contributed by atoms with Crippen molar-refractivity contribution in [1.82, 2.24) is 14.8 Å². The molecule has 1 aromatic carbocycles. The van der Waals surface area contributed by atoms with Crippen molar-refractivity contribution in [2.45, 2.75) is 12.8 Å². The van der Waals surface area contributed by atoms with E-state index >= 15 is 0 Å². The molecule has 0 bridgehead atoms. The van der Waals surface area contributed by atoms with Gasteiger partial charge in [-0.1, -0.05) is 6.07 Å². The molecule has 0 saturated carbocycles. The van der Waals surface area contributed by atoms with E-state index < -0.39 is 17.5 Å². The summed E-state index contributed by atoms with van der Waals surface area (Å²) in [6, 6.07) is 3.61. The lowest BCUT2D eigenvalue weighted by Crippen LogP contribution is -2.39. The van der Waals surface area contributed by atoms with Crippen molar-refractivity contribution in [3.63, 3.8) is 0 Å². The van der Waals surface area contributed by atoms with Crippen LogP contribution in [0.1, 0.15) is 23.3 Å². The van der Waals surface area contributed by atoms with Gasteiger partial charge in [0.15, 0.2) is 5.82 Å². The molecule has 2 aromatic heterocycles. The van der Waals surface area contributed by atoms with Gasteiger partial charge in [0.1, 0.15) is 28.0 Å². The van der Waals surface area contributed by atoms with Crippen molar-refractivity contribution in [3.8, 4) is 10.6 Å². The van der Waals surface area contributed by atoms with Gasteiger partial charge in [0.25, 0.3) is 5.91 Å². The number of carbonyl (C=O) groups is 1. The van der Waals surface area contributed by atoms with Gasteiger partial charge in [0.05, 0.1) is 11.8 Å². The predicted octanol–water partition coefficient (Wildman–Crippen LogP) is 3.25. The molecule has 7 nitrogen and oxygen atoms in total. The van der Waals surface area contributed by atoms with Gasteiger partial charge in [-0.2, -0.15) is 5.10 Å². The average Bonchev–Trinajstić information content (AvgIpc) is 3.35. The molecule has 4 rings (SSSR count). The lowest BCUT2D eigenvalue weighted by molar-refractivity contribution is 0.102. The van der Waals surface area contributed by atoms with Gasteiger partial charge in [0.2, 0.25) is 0 Å². The number of nitrogens with one attached hydrogen (secondary N) is 1. The van der Waals surface area contributed by atoms with E-state index in [1.807, 2.05) is 7.05 Å². The normalized spacial score (nSPS) is 16.7. The molecule has 1 amide bonds. The second kappa shape index (κ2) is 8.49. The SMILES string of the molecule is Cn1ncc(NC(=O)c2csc(-c3c(F)cccc3F)n2)c1N1CCC[C@H](CN)C1. The number of amides is 1. The number of thiazole rings is 1. The van der Waals surface area contributed by atoms with Crippen LogP contribution in [0.5, 0.6) is 0 Å². The Labute approximate surface area is 176 Å². The monoisotopic (exact) mass is 432 g/mol. The first-order chi connectivity index (χ1) is 14.5. The number of anilines is 2. The fourth-order valence-electron chi connectivity index (χ4n) is 3.73. The van der Waals surface area contributed by atoms with E-state index in [2.05, 4.69) is 20.3 Å². The van der Waals surface area contributed by atoms with Crippen molar-refractivity contribution in [2.24, 2.45) is 18.7 Å². The van der Waals surface area contributed by atoms with Crippen molar-refractivity contribution >= 4 is 28.7 Å². The molecule has 0 radical (unpaired) electrons. The number of hydrogen-bond acceptors (Lipinski definition) is 6. The summed E-state index contributed by atoms with van der Waals surface area (Å²) in [5.74, 6) is -0.697. The van der Waals surface area contributed by atoms with Gasteiger partial charge in [0, 0.05) is 25.5 Å². The molecule has 3 heterocycles. The zero-order valence-electron chi connectivity index (χ0n) is 16.4. The Hall–Kier alpha value is -2.85. The second-order valence-corrected chi connectivity index (χ2v) is 8.14. The number of carbonyl (C=O) groups excluding carboxylic acids is 1. The maximum absolute atomic E-state index is 14.0. The van der Waals surface area contributed by atoms with E-state index in [-0.39, 0.29) is 16.3 Å². The minimum absolute atomic E-state index is 0.0888. The maximum Gasteiger partial charge on any atom is 0.275 e. The van der Waals surface area contributed by atoms with Crippen molar-refractivity contribution in [1.29, 1.82) is 0 Å². The van der Waals surface area contributed by atoms with Crippen LogP contribution >= 0.6 is 11.3 Å². The summed E-state index contributed by atoms with van der Waals surface area (Å²) in [5, 5.41) is 8.71. The third-order valence-corrected chi connectivity index (χ3v) is 6.08. The molecule has 1 atom stereocenters. The van der Waals surface area contributed by atoms with Crippen LogP contribution < -0.4 is 16.0 Å². The Morgan fingerprint density at radius 3 is 2.87 bits per heavy atom. The molecule has 30 heavy (non-hydrogen) atoms. The van der Waals surface area contributed by atoms with Crippen LogP contribution in [0.25, 0.3) is 10.6 Å². The number of aryl methyl sites for hydroxylation is 1. The molecular weight excluding hydrogens is 410 g/mol. The summed E-state index contributed by atoms with van der Waals surface area (Å²) in [6.07, 6.45) is 3.69. The first-order valence-corrected chi connectivity index (χ1v) is 10.5. The molecule has 10 heteroatoms. The lowest BCUT2D eigenvalue weighted by atomic mass is 9.98. The van der Waals surface area contributed by atoms with Crippen LogP contribution in [-0.2, 0) is 7.05 Å². The van der Waals surface area contributed by atoms with E-state index in [0.717, 1.165) is 55.2 Å². The fraction of sp³-hybridized carbons (Fsp3) is 0.350. The minimum Gasteiger partial charge on any atom is -0.355 e. The standard InChI is InChI=1S/C20H22F2N6OS/c1-27-20(28-7-3-4-12(8-23)10-28)15(9-24-27)25-18(29)16-11-30-19(26-16)17-13(21)5-2-6-14(17)22/h2,5-6,9,11-12H,3-4,7-8,10,23H2,1H3,(H,25,29)/t12-/m1/s1. The minimum atomic E-state index is -0.717. The van der Waals surface area contributed by atoms with Gasteiger partial charge in [-0.3, -0.25) is 9.48 Å². The van der Waals surface area contributed by atoms with Gasteiger partial charge in [-0.05, 0) is 37.4 Å². The summed E-state index contributed by atoms with van der Waals surface area (Å²) in [7, 11) is 1.82. The summed E-state index contributed by atoms with van der Waals surface area (Å²) in [6.45, 7) is 2.27. The molecule has 158 valence electrons. The van der Waals surface area contributed by atoms with Crippen LogP contribution in [0, 0.1) is 17.6 Å². The number of nitrogens with zero attached hydrogens (tertiary/aromatic N) is 4. The molecule has 1 aliphatic rings. The highest BCUT2D eigenvalue weighted by atomic mass is 32.1. The topological polar surface area (TPSA) is 89.1 Å². The molecule has 0 aliphatic carbocycles. The zero-order valence-corrected chi connectivity index (χ0v) is 17.3. The number of nitrogens with two attached hydrogens (primary N) is 1. The molecule has 3 aromatic rings. The zero-order chi connectivity index (χ0) is 21.3. The van der Waals surface area contributed by atoms with Crippen molar-refractivity contribution in [3.05, 3.63) is 47.1 Å². The summed E-state index contributed by atoms with van der Waals surface area (Å²) in [4.78, 5) is 19.1. The third-order valence-electron chi connectivity index (χ3n) is 5.22. The number of piperidine rings is 1. The smallest absolute Gasteiger partial charge is 0.275 e. The van der Waals surface area contributed by atoms with Gasteiger partial charge < -0.3 is 16.0 Å². The Morgan fingerprint density at radius 2 is 2.13 bits per heavy atom. The highest BCUT2D eigenvalue weighted by Crippen LogP contribution is 2.31. The average molecular weight is 433 g/mol. The van der Waals surface area contributed by atoms with E-state index in [0.29, 0.717) is 18.2 Å². The van der Waals surface area contributed by atoms with Crippen molar-refractivity contribution in [2.75, 3.05) is 29.9 Å². The molecule has 0 unspecified atom stereocenters. The number of halogens is 2. The highest BCUT2D eigenvalue weighted by Gasteiger charge is 2.25. The Kier molecular flexibility index (Phi) is 5.78. The first kappa shape index (κ1) is 20.4. The molecule has 1 fully saturated rings. The van der Waals surface area contributed by atoms with Gasteiger partial charge in [-0.25, -0.2) is 13.8 Å². The Balaban J connectivity index is 1.55. The van der Waals surface area contributed by atoms with E-state index in [9.17, 15) is 13.6 Å². The van der Waals surface area contributed by atoms with Crippen LogP contribution in [0.3, 0.4) is 0 Å². The van der Waals surface area contributed by atoms with Crippen LogP contribution in [0.15, 0.2) is 29.8 Å². The third kappa shape index (κ3) is 3.92. The van der Waals surface area contributed by atoms with Gasteiger partial charge >= 0.3 is 0 Å². The maximum atomic E-state index is 14.0. The summed E-state index contributed by atoms with van der Waals surface area (Å²) < 4.78 is 29.8. The molecule has 3 N–H and O–H groups in total. The van der Waals surface area contributed by atoms with E-state index in [4.69, 9.17) is 5.73 Å². The van der Waals surface area contributed by atoms with Crippen LogP contribution in [-0.4, -0.2) is 40.3 Å². The molecular formula is C20H22F2N6OS. The number of rotatable bonds is 5. The molecule has 1 saturated heterocycles. The molecule has 0 spiro atoms. The highest BCUT2D eigenvalue weighted by molar-refractivity contribution is 7.13. The lowest BCUT2D eigenvalue weighted by Gasteiger charge is -2.34. The fourth-order valence-corrected chi connectivity index (χ4v) is 4.57. The van der Waals surface area contributed by atoms with Crippen molar-refractivity contribution < 1.29 is 13.6 Å². The second-order valence-electron chi connectivity index (χ2n) is 7.28. The predicted molar refractivity (Wildman–Crippen MR) is 113 cm³/mol. The largest absolute Gasteiger partial charge is 0.355 e. The van der Waals surface area contributed by atoms with E-state index in [1.165, 1.54) is 11.4 Å². The van der Waals surface area contributed by atoms with Crippen LogP contribution in [0.2, 0.25) is 0 Å². The summed E-state index contributed by atoms with van der Waals surface area (Å²) in [5.41, 5.74) is 6.26. The first-order valence-electron chi connectivity index (χ1n) is 9.66. The van der Waals surface area contributed by atoms with E-state index in [1.54, 1.807) is 10.9 Å². The van der Waals surface area contributed by atoms with Gasteiger partial charge in [-0.15, -0.1) is 11.3 Å². The Bertz CT molecular complexity index is 1050. The van der Waals surface area contributed by atoms with Crippen LogP contribution in [0.4, 0.5) is 20.3 Å². The number of hydrogen-bond donors (Lipinski definition) is 2.